The van der Waals surface area contributed by atoms with Gasteiger partial charge in [0.25, 0.3) is 0 Å². The van der Waals surface area contributed by atoms with E-state index in [1.165, 1.54) is 12.1 Å². The highest BCUT2D eigenvalue weighted by molar-refractivity contribution is 7.88. The number of nitrogens with zero attached hydrogens (tertiary/aromatic N) is 1. The molecule has 1 aliphatic heterocycles. The van der Waals surface area contributed by atoms with Crippen LogP contribution in [0.4, 0.5) is 10.1 Å². The van der Waals surface area contributed by atoms with Crippen molar-refractivity contribution in [2.75, 3.05) is 30.9 Å². The van der Waals surface area contributed by atoms with Gasteiger partial charge in [0.15, 0.2) is 0 Å². The Morgan fingerprint density at radius 3 is 2.31 bits per heavy atom. The first-order valence-corrected chi connectivity index (χ1v) is 17.4. The molecule has 3 unspecified atom stereocenters. The van der Waals surface area contributed by atoms with Crippen molar-refractivity contribution >= 4 is 21.6 Å². The lowest BCUT2D eigenvalue weighted by molar-refractivity contribution is -0.129. The summed E-state index contributed by atoms with van der Waals surface area (Å²) in [5.41, 5.74) is 1.82. The van der Waals surface area contributed by atoms with Gasteiger partial charge in [-0.25, -0.2) is 17.5 Å². The van der Waals surface area contributed by atoms with Gasteiger partial charge in [-0.1, -0.05) is 49.4 Å². The van der Waals surface area contributed by atoms with E-state index in [1.807, 2.05) is 30.3 Å². The van der Waals surface area contributed by atoms with Crippen LogP contribution in [-0.2, 0) is 21.2 Å². The summed E-state index contributed by atoms with van der Waals surface area (Å²) in [6.07, 6.45) is 9.42. The van der Waals surface area contributed by atoms with E-state index in [1.54, 1.807) is 17.0 Å². The van der Waals surface area contributed by atoms with E-state index < -0.39 is 34.9 Å². The summed E-state index contributed by atoms with van der Waals surface area (Å²) in [6.45, 7) is 1.38. The predicted molar refractivity (Wildman–Crippen MR) is 171 cm³/mol. The number of β-lactam (4-membered cyclic amide) rings is 1. The van der Waals surface area contributed by atoms with E-state index in [2.05, 4.69) is 23.8 Å². The van der Waals surface area contributed by atoms with Crippen molar-refractivity contribution in [1.82, 2.24) is 4.72 Å². The van der Waals surface area contributed by atoms with Gasteiger partial charge in [0, 0.05) is 12.2 Å². The molecule has 1 fully saturated rings. The minimum atomic E-state index is -3.24. The number of sulfonamides is 1. The molecule has 0 saturated carbocycles. The van der Waals surface area contributed by atoms with E-state index in [4.69, 9.17) is 0 Å². The number of carbonyl (C=O) groups is 1. The SMILES string of the molecule is CC1C=C([C@@H]2C(CC[C@H](O)c3ccc(F)cc3)C(=O)N2c2ccc(CCCNS(C)(=O)=O)cc2)C=CC1CCC(O)(CO)CO. The van der Waals surface area contributed by atoms with Crippen LogP contribution in [0.2, 0.25) is 0 Å². The highest BCUT2D eigenvalue weighted by Gasteiger charge is 2.49. The number of anilines is 1. The second kappa shape index (κ2) is 15.1. The monoisotopic (exact) mass is 644 g/mol. The number of rotatable bonds is 16. The van der Waals surface area contributed by atoms with Gasteiger partial charge in [0.1, 0.15) is 11.4 Å². The van der Waals surface area contributed by atoms with Crippen molar-refractivity contribution in [3.63, 3.8) is 0 Å². The van der Waals surface area contributed by atoms with Crippen LogP contribution in [0.3, 0.4) is 0 Å². The Hall–Kier alpha value is -2.93. The van der Waals surface area contributed by atoms with Gasteiger partial charge in [0.2, 0.25) is 15.9 Å². The zero-order valence-corrected chi connectivity index (χ0v) is 26.7. The lowest BCUT2D eigenvalue weighted by Crippen LogP contribution is -2.62. The average molecular weight is 645 g/mol. The van der Waals surface area contributed by atoms with Gasteiger partial charge >= 0.3 is 0 Å². The van der Waals surface area contributed by atoms with Crippen LogP contribution < -0.4 is 9.62 Å². The van der Waals surface area contributed by atoms with E-state index in [-0.39, 0.29) is 41.9 Å². The van der Waals surface area contributed by atoms with Gasteiger partial charge in [0.05, 0.1) is 37.5 Å². The molecule has 1 amide bonds. The molecule has 5 N–H and O–H groups in total. The lowest BCUT2D eigenvalue weighted by Gasteiger charge is -2.49. The minimum absolute atomic E-state index is 0.0450. The normalized spacial score (nSPS) is 22.7. The maximum Gasteiger partial charge on any atom is 0.233 e. The Labute approximate surface area is 265 Å². The number of aliphatic hydroxyl groups is 4. The van der Waals surface area contributed by atoms with E-state index in [9.17, 15) is 38.0 Å². The van der Waals surface area contributed by atoms with Gasteiger partial charge in [-0.2, -0.15) is 0 Å². The average Bonchev–Trinajstić information content (AvgIpc) is 3.01. The van der Waals surface area contributed by atoms with Crippen LogP contribution in [0.5, 0.6) is 0 Å². The summed E-state index contributed by atoms with van der Waals surface area (Å²) in [5, 5.41) is 40.0. The number of halogens is 1. The molecule has 2 aromatic carbocycles. The van der Waals surface area contributed by atoms with Crippen molar-refractivity contribution in [1.29, 1.82) is 0 Å². The molecule has 0 bridgehead atoms. The molecule has 0 radical (unpaired) electrons. The molecule has 2 aromatic rings. The largest absolute Gasteiger partial charge is 0.393 e. The molecule has 0 aromatic heterocycles. The summed E-state index contributed by atoms with van der Waals surface area (Å²) in [5.74, 6) is -0.629. The molecule has 9 nitrogen and oxygen atoms in total. The van der Waals surface area contributed by atoms with Crippen LogP contribution in [0, 0.1) is 23.6 Å². The maximum absolute atomic E-state index is 13.6. The molecule has 1 saturated heterocycles. The Morgan fingerprint density at radius 1 is 1.04 bits per heavy atom. The second-order valence-electron chi connectivity index (χ2n) is 12.5. The fourth-order valence-electron chi connectivity index (χ4n) is 6.15. The molecular weight excluding hydrogens is 599 g/mol. The fourth-order valence-corrected chi connectivity index (χ4v) is 6.67. The van der Waals surface area contributed by atoms with E-state index >= 15 is 0 Å². The van der Waals surface area contributed by atoms with Crippen LogP contribution in [0.25, 0.3) is 0 Å². The fraction of sp³-hybridized carbons (Fsp3) is 0.500. The summed E-state index contributed by atoms with van der Waals surface area (Å²) in [6, 6.07) is 13.1. The summed E-state index contributed by atoms with van der Waals surface area (Å²) in [4.78, 5) is 15.4. The summed E-state index contributed by atoms with van der Waals surface area (Å²) < 4.78 is 38.5. The standard InChI is InChI=1S/C34H45FN2O7S/c1-23-20-27(8-7-25(23)17-18-34(42,21-38)22-39)32-30(15-16-31(40)26-9-11-28(35)12-10-26)33(41)37(32)29-13-5-24(6-14-29)4-3-19-36-45(2,43)44/h5-14,20,23,25,30-32,36,38-40,42H,3-4,15-19,21-22H2,1-2H3/t23?,25?,30?,31-,32+/m0/s1. The second-order valence-corrected chi connectivity index (χ2v) is 14.3. The Morgan fingerprint density at radius 2 is 1.71 bits per heavy atom. The molecule has 1 aliphatic carbocycles. The Kier molecular flexibility index (Phi) is 11.7. The molecule has 1 heterocycles. The molecule has 45 heavy (non-hydrogen) atoms. The maximum atomic E-state index is 13.6. The van der Waals surface area contributed by atoms with Crippen molar-refractivity contribution < 1.29 is 38.0 Å². The van der Waals surface area contributed by atoms with Gasteiger partial charge < -0.3 is 25.3 Å². The topological polar surface area (TPSA) is 147 Å². The van der Waals surface area contributed by atoms with Crippen molar-refractivity contribution in [2.24, 2.45) is 17.8 Å². The minimum Gasteiger partial charge on any atom is -0.393 e. The first-order chi connectivity index (χ1) is 21.3. The highest BCUT2D eigenvalue weighted by Crippen LogP contribution is 2.43. The molecule has 246 valence electrons. The van der Waals surface area contributed by atoms with Crippen LogP contribution in [0.1, 0.15) is 56.3 Å². The first-order valence-electron chi connectivity index (χ1n) is 15.5. The number of nitrogens with one attached hydrogen (secondary N) is 1. The number of carbonyl (C=O) groups excluding carboxylic acids is 1. The molecule has 4 rings (SSSR count). The zero-order valence-electron chi connectivity index (χ0n) is 25.8. The Balaban J connectivity index is 1.49. The summed E-state index contributed by atoms with van der Waals surface area (Å²) >= 11 is 0. The van der Waals surface area contributed by atoms with Crippen molar-refractivity contribution in [3.8, 4) is 0 Å². The van der Waals surface area contributed by atoms with Gasteiger partial charge in [-0.15, -0.1) is 0 Å². The predicted octanol–water partition coefficient (Wildman–Crippen LogP) is 3.40. The molecule has 5 atom stereocenters. The molecular formula is C34H45FN2O7S. The first kappa shape index (κ1) is 34.9. The number of aliphatic hydroxyl groups excluding tert-OH is 3. The van der Waals surface area contributed by atoms with Gasteiger partial charge in [-0.05, 0) is 91.3 Å². The van der Waals surface area contributed by atoms with Crippen LogP contribution >= 0.6 is 0 Å². The quantitative estimate of drug-likeness (QED) is 0.139. The van der Waals surface area contributed by atoms with Crippen molar-refractivity contribution in [3.05, 3.63) is 89.3 Å². The number of amides is 1. The van der Waals surface area contributed by atoms with Crippen LogP contribution in [-0.4, -0.2) is 72.4 Å². The number of hydrogen-bond donors (Lipinski definition) is 5. The third kappa shape index (κ3) is 9.08. The Bertz CT molecular complexity index is 1460. The van der Waals surface area contributed by atoms with Crippen LogP contribution in [0.15, 0.2) is 72.3 Å². The number of allylic oxidation sites excluding steroid dienone is 2. The number of hydrogen-bond acceptors (Lipinski definition) is 7. The highest BCUT2D eigenvalue weighted by atomic mass is 32.2. The third-order valence-electron chi connectivity index (χ3n) is 8.98. The van der Waals surface area contributed by atoms with Crippen molar-refractivity contribution in [2.45, 2.75) is 63.2 Å². The van der Waals surface area contributed by atoms with E-state index in [0.717, 1.165) is 23.1 Å². The molecule has 2 aliphatic rings. The van der Waals surface area contributed by atoms with E-state index in [0.29, 0.717) is 44.2 Å². The smallest absolute Gasteiger partial charge is 0.233 e. The zero-order chi connectivity index (χ0) is 32.8. The number of aryl methyl sites for hydroxylation is 1. The summed E-state index contributed by atoms with van der Waals surface area (Å²) in [7, 11) is -3.24. The molecule has 0 spiro atoms. The third-order valence-corrected chi connectivity index (χ3v) is 9.71. The molecule has 11 heteroatoms. The van der Waals surface area contributed by atoms with Gasteiger partial charge in [-0.3, -0.25) is 4.79 Å². The lowest BCUT2D eigenvalue weighted by atomic mass is 9.73. The number of benzene rings is 2.